The van der Waals surface area contributed by atoms with Crippen LogP contribution < -0.4 is 0 Å². The molecule has 2 N–H and O–H groups in total. The summed E-state index contributed by atoms with van der Waals surface area (Å²) in [6.45, 7) is 0. The number of phenols is 1. The molecule has 0 aliphatic rings. The SMILES string of the molecule is Oc1cc(F)c2c(O)csc2c1. The molecule has 0 unspecified atom stereocenters. The third kappa shape index (κ3) is 0.921. The predicted octanol–water partition coefficient (Wildman–Crippen LogP) is 2.45. The lowest BCUT2D eigenvalue weighted by Gasteiger charge is -1.94. The fraction of sp³-hybridized carbons (Fsp3) is 0. The van der Waals surface area contributed by atoms with Crippen molar-refractivity contribution in [1.29, 1.82) is 0 Å². The standard InChI is InChI=1S/C8H5FO2S/c9-5-1-4(10)2-7-8(5)6(11)3-12-7/h1-3,10-11H. The fourth-order valence-electron chi connectivity index (χ4n) is 1.09. The van der Waals surface area contributed by atoms with E-state index in [-0.39, 0.29) is 16.9 Å². The third-order valence-electron chi connectivity index (χ3n) is 1.59. The summed E-state index contributed by atoms with van der Waals surface area (Å²) in [4.78, 5) is 0. The molecule has 0 fully saturated rings. The zero-order valence-corrected chi connectivity index (χ0v) is 6.73. The molecule has 1 aromatic carbocycles. The topological polar surface area (TPSA) is 40.5 Å². The fourth-order valence-corrected chi connectivity index (χ4v) is 1.95. The van der Waals surface area contributed by atoms with E-state index in [4.69, 9.17) is 5.11 Å². The first-order chi connectivity index (χ1) is 5.68. The molecule has 4 heteroatoms. The molecule has 0 bridgehead atoms. The lowest BCUT2D eigenvalue weighted by molar-refractivity contribution is 0.468. The maximum Gasteiger partial charge on any atom is 0.139 e. The number of hydrogen-bond donors (Lipinski definition) is 2. The van der Waals surface area contributed by atoms with Crippen LogP contribution in [0.5, 0.6) is 11.5 Å². The molecule has 2 aromatic rings. The van der Waals surface area contributed by atoms with E-state index < -0.39 is 5.82 Å². The number of phenolic OH excluding ortho intramolecular Hbond substituents is 1. The first-order valence-electron chi connectivity index (χ1n) is 3.27. The van der Waals surface area contributed by atoms with Crippen molar-refractivity contribution in [3.63, 3.8) is 0 Å². The first-order valence-corrected chi connectivity index (χ1v) is 4.15. The van der Waals surface area contributed by atoms with Crippen molar-refractivity contribution in [2.24, 2.45) is 0 Å². The van der Waals surface area contributed by atoms with Gasteiger partial charge in [0.05, 0.1) is 5.39 Å². The number of rotatable bonds is 0. The van der Waals surface area contributed by atoms with E-state index in [1.165, 1.54) is 22.8 Å². The summed E-state index contributed by atoms with van der Waals surface area (Å²) in [6.07, 6.45) is 0. The smallest absolute Gasteiger partial charge is 0.139 e. The molecule has 0 radical (unpaired) electrons. The Morgan fingerprint density at radius 3 is 2.75 bits per heavy atom. The second-order valence-electron chi connectivity index (χ2n) is 2.42. The average molecular weight is 184 g/mol. The van der Waals surface area contributed by atoms with Crippen molar-refractivity contribution < 1.29 is 14.6 Å². The summed E-state index contributed by atoms with van der Waals surface area (Å²) < 4.78 is 13.6. The van der Waals surface area contributed by atoms with E-state index in [9.17, 15) is 9.50 Å². The van der Waals surface area contributed by atoms with Crippen LogP contribution in [0.4, 0.5) is 4.39 Å². The highest BCUT2D eigenvalue weighted by molar-refractivity contribution is 7.17. The van der Waals surface area contributed by atoms with Gasteiger partial charge in [0.15, 0.2) is 0 Å². The number of halogens is 1. The van der Waals surface area contributed by atoms with Gasteiger partial charge in [-0.3, -0.25) is 0 Å². The van der Waals surface area contributed by atoms with Gasteiger partial charge in [-0.05, 0) is 6.07 Å². The Hall–Kier alpha value is -1.29. The highest BCUT2D eigenvalue weighted by Gasteiger charge is 2.09. The van der Waals surface area contributed by atoms with E-state index in [1.54, 1.807) is 0 Å². The lowest BCUT2D eigenvalue weighted by atomic mass is 10.2. The van der Waals surface area contributed by atoms with Gasteiger partial charge in [-0.2, -0.15) is 0 Å². The van der Waals surface area contributed by atoms with Crippen LogP contribution in [0, 0.1) is 5.82 Å². The molecule has 0 aliphatic heterocycles. The van der Waals surface area contributed by atoms with Crippen LogP contribution in [0.2, 0.25) is 0 Å². The lowest BCUT2D eigenvalue weighted by Crippen LogP contribution is -1.74. The Kier molecular flexibility index (Phi) is 1.44. The Labute approximate surface area is 71.5 Å². The minimum absolute atomic E-state index is 0.0764. The van der Waals surface area contributed by atoms with Gasteiger partial charge >= 0.3 is 0 Å². The van der Waals surface area contributed by atoms with Crippen LogP contribution in [0.3, 0.4) is 0 Å². The number of aromatic hydroxyl groups is 2. The van der Waals surface area contributed by atoms with Gasteiger partial charge in [-0.25, -0.2) is 4.39 Å². The van der Waals surface area contributed by atoms with Crippen molar-refractivity contribution in [3.05, 3.63) is 23.3 Å². The van der Waals surface area contributed by atoms with Crippen molar-refractivity contribution in [3.8, 4) is 11.5 Å². The van der Waals surface area contributed by atoms with Crippen LogP contribution in [0.1, 0.15) is 0 Å². The van der Waals surface area contributed by atoms with Crippen LogP contribution in [-0.4, -0.2) is 10.2 Å². The highest BCUT2D eigenvalue weighted by atomic mass is 32.1. The van der Waals surface area contributed by atoms with Crippen molar-refractivity contribution in [1.82, 2.24) is 0 Å². The minimum atomic E-state index is -0.594. The summed E-state index contributed by atoms with van der Waals surface area (Å²) in [7, 11) is 0. The number of benzene rings is 1. The van der Waals surface area contributed by atoms with Gasteiger partial charge in [-0.1, -0.05) is 0 Å². The minimum Gasteiger partial charge on any atom is -0.508 e. The molecule has 1 heterocycles. The van der Waals surface area contributed by atoms with Gasteiger partial charge in [0.25, 0.3) is 0 Å². The third-order valence-corrected chi connectivity index (χ3v) is 2.51. The average Bonchev–Trinajstić information content (AvgIpc) is 2.31. The van der Waals surface area contributed by atoms with Crippen molar-refractivity contribution >= 4 is 21.4 Å². The van der Waals surface area contributed by atoms with Gasteiger partial charge in [0, 0.05) is 16.1 Å². The molecule has 0 spiro atoms. The van der Waals surface area contributed by atoms with E-state index in [0.29, 0.717) is 4.70 Å². The molecule has 12 heavy (non-hydrogen) atoms. The zero-order valence-electron chi connectivity index (χ0n) is 5.91. The second kappa shape index (κ2) is 2.35. The molecular weight excluding hydrogens is 179 g/mol. The van der Waals surface area contributed by atoms with E-state index in [2.05, 4.69) is 0 Å². The summed E-state index contributed by atoms with van der Waals surface area (Å²) in [6, 6.07) is 2.40. The summed E-state index contributed by atoms with van der Waals surface area (Å²) in [5, 5.41) is 19.8. The largest absolute Gasteiger partial charge is 0.508 e. The number of fused-ring (bicyclic) bond motifs is 1. The quantitative estimate of drug-likeness (QED) is 0.660. The van der Waals surface area contributed by atoms with Gasteiger partial charge < -0.3 is 10.2 Å². The molecule has 2 rings (SSSR count). The summed E-state index contributed by atoms with van der Waals surface area (Å²) >= 11 is 1.19. The molecule has 1 aromatic heterocycles. The molecule has 2 nitrogen and oxygen atoms in total. The van der Waals surface area contributed by atoms with E-state index in [1.807, 2.05) is 0 Å². The van der Waals surface area contributed by atoms with Gasteiger partial charge in [0.1, 0.15) is 17.3 Å². The normalized spacial score (nSPS) is 10.8. The van der Waals surface area contributed by atoms with Crippen LogP contribution >= 0.6 is 11.3 Å². The number of hydrogen-bond acceptors (Lipinski definition) is 3. The molecule has 62 valence electrons. The summed E-state index contributed by atoms with van der Waals surface area (Å²) in [5.74, 6) is -0.793. The second-order valence-corrected chi connectivity index (χ2v) is 3.33. The molecule has 0 atom stereocenters. The molecule has 0 amide bonds. The zero-order chi connectivity index (χ0) is 8.72. The molecule has 0 saturated heterocycles. The highest BCUT2D eigenvalue weighted by Crippen LogP contribution is 2.35. The monoisotopic (exact) mass is 184 g/mol. The summed E-state index contributed by atoms with van der Waals surface area (Å²) in [5.41, 5.74) is 0. The maximum absolute atomic E-state index is 13.0. The van der Waals surface area contributed by atoms with Crippen LogP contribution in [0.15, 0.2) is 17.5 Å². The van der Waals surface area contributed by atoms with Crippen LogP contribution in [-0.2, 0) is 0 Å². The maximum atomic E-state index is 13.0. The predicted molar refractivity (Wildman–Crippen MR) is 45.1 cm³/mol. The first kappa shape index (κ1) is 7.36. The Balaban J connectivity index is 2.93. The van der Waals surface area contributed by atoms with Crippen LogP contribution in [0.25, 0.3) is 10.1 Å². The van der Waals surface area contributed by atoms with E-state index in [0.717, 1.165) is 6.07 Å². The molecular formula is C8H5FO2S. The molecule has 0 saturated carbocycles. The van der Waals surface area contributed by atoms with Crippen molar-refractivity contribution in [2.45, 2.75) is 0 Å². The Morgan fingerprint density at radius 2 is 2.00 bits per heavy atom. The van der Waals surface area contributed by atoms with E-state index >= 15 is 0 Å². The molecule has 0 aliphatic carbocycles. The number of thiophene rings is 1. The Bertz CT molecular complexity index is 436. The van der Waals surface area contributed by atoms with Gasteiger partial charge in [-0.15, -0.1) is 11.3 Å². The van der Waals surface area contributed by atoms with Crippen molar-refractivity contribution in [2.75, 3.05) is 0 Å². The Morgan fingerprint density at radius 1 is 1.25 bits per heavy atom. The van der Waals surface area contributed by atoms with Gasteiger partial charge in [0.2, 0.25) is 0 Å².